The summed E-state index contributed by atoms with van der Waals surface area (Å²) in [5, 5.41) is 9.40. The predicted molar refractivity (Wildman–Crippen MR) is 220 cm³/mol. The standard InChI is InChI=1S/C49H30N4/c1-2-14-36(15-3-1)53-43-21-11-8-18-39(43)46-44(53)29-28-40-45(46)37-16-6-9-19-41(37)50-47(40)32-23-25-33(26-24-32)49-51-42-20-10-7-17-38(42)48(52-49)35-27-22-31-12-4-5-13-34(31)30-35/h1-30H. The average molecular weight is 675 g/mol. The topological polar surface area (TPSA) is 43.6 Å². The van der Waals surface area contributed by atoms with Crippen LogP contribution in [0.5, 0.6) is 0 Å². The summed E-state index contributed by atoms with van der Waals surface area (Å²) in [6, 6.07) is 64.3. The van der Waals surface area contributed by atoms with E-state index in [9.17, 15) is 0 Å². The molecular weight excluding hydrogens is 645 g/mol. The molecule has 246 valence electrons. The van der Waals surface area contributed by atoms with Crippen LogP contribution in [-0.2, 0) is 0 Å². The minimum atomic E-state index is 0.699. The Kier molecular flexibility index (Phi) is 6.52. The third kappa shape index (κ3) is 4.66. The fourth-order valence-electron chi connectivity index (χ4n) is 8.12. The lowest BCUT2D eigenvalue weighted by Gasteiger charge is -2.13. The van der Waals surface area contributed by atoms with Gasteiger partial charge in [0.25, 0.3) is 0 Å². The van der Waals surface area contributed by atoms with Crippen LogP contribution in [0.1, 0.15) is 0 Å². The van der Waals surface area contributed by atoms with E-state index in [-0.39, 0.29) is 0 Å². The minimum Gasteiger partial charge on any atom is -0.309 e. The molecule has 8 aromatic carbocycles. The predicted octanol–water partition coefficient (Wildman–Crippen LogP) is 12.6. The quantitative estimate of drug-likeness (QED) is 0.175. The van der Waals surface area contributed by atoms with Gasteiger partial charge in [-0.05, 0) is 53.2 Å². The van der Waals surface area contributed by atoms with Gasteiger partial charge in [0.2, 0.25) is 0 Å². The van der Waals surface area contributed by atoms with Crippen molar-refractivity contribution in [2.45, 2.75) is 0 Å². The first-order valence-electron chi connectivity index (χ1n) is 18.0. The maximum Gasteiger partial charge on any atom is 0.160 e. The number of aromatic nitrogens is 4. The van der Waals surface area contributed by atoms with E-state index < -0.39 is 0 Å². The molecule has 4 heteroatoms. The van der Waals surface area contributed by atoms with Crippen molar-refractivity contribution in [3.05, 3.63) is 182 Å². The molecule has 0 fully saturated rings. The highest BCUT2D eigenvalue weighted by atomic mass is 15.0. The number of fused-ring (bicyclic) bond motifs is 9. The van der Waals surface area contributed by atoms with Crippen LogP contribution in [0.15, 0.2) is 182 Å². The van der Waals surface area contributed by atoms with Crippen LogP contribution < -0.4 is 0 Å². The third-order valence-corrected chi connectivity index (χ3v) is 10.6. The molecule has 0 aliphatic carbocycles. The molecule has 0 atom stereocenters. The number of hydrogen-bond acceptors (Lipinski definition) is 3. The molecule has 0 saturated heterocycles. The summed E-state index contributed by atoms with van der Waals surface area (Å²) in [6.45, 7) is 0. The highest BCUT2D eigenvalue weighted by Crippen LogP contribution is 2.42. The molecule has 0 saturated carbocycles. The van der Waals surface area contributed by atoms with Crippen molar-refractivity contribution in [3.63, 3.8) is 0 Å². The van der Waals surface area contributed by atoms with Gasteiger partial charge in [-0.15, -0.1) is 0 Å². The van der Waals surface area contributed by atoms with Crippen LogP contribution in [0.4, 0.5) is 0 Å². The Bertz CT molecular complexity index is 3220. The van der Waals surface area contributed by atoms with E-state index in [1.807, 2.05) is 6.07 Å². The van der Waals surface area contributed by atoms with Gasteiger partial charge in [0, 0.05) is 54.7 Å². The van der Waals surface area contributed by atoms with E-state index >= 15 is 0 Å². The summed E-state index contributed by atoms with van der Waals surface area (Å²) in [5.74, 6) is 0.699. The smallest absolute Gasteiger partial charge is 0.160 e. The summed E-state index contributed by atoms with van der Waals surface area (Å²) in [4.78, 5) is 15.6. The van der Waals surface area contributed by atoms with Gasteiger partial charge in [0.1, 0.15) is 0 Å². The van der Waals surface area contributed by atoms with Gasteiger partial charge in [-0.1, -0.05) is 140 Å². The molecule has 0 aliphatic heterocycles. The van der Waals surface area contributed by atoms with Gasteiger partial charge in [-0.2, -0.15) is 0 Å². The van der Waals surface area contributed by atoms with Crippen molar-refractivity contribution in [3.8, 4) is 39.6 Å². The van der Waals surface area contributed by atoms with E-state index in [1.54, 1.807) is 0 Å². The van der Waals surface area contributed by atoms with E-state index in [0.29, 0.717) is 5.82 Å². The zero-order valence-electron chi connectivity index (χ0n) is 28.6. The van der Waals surface area contributed by atoms with Crippen molar-refractivity contribution in [2.24, 2.45) is 0 Å². The Morgan fingerprint density at radius 2 is 0.962 bits per heavy atom. The lowest BCUT2D eigenvalue weighted by Crippen LogP contribution is -1.96. The Morgan fingerprint density at radius 1 is 0.340 bits per heavy atom. The van der Waals surface area contributed by atoms with Gasteiger partial charge in [-0.25, -0.2) is 15.0 Å². The summed E-state index contributed by atoms with van der Waals surface area (Å²) >= 11 is 0. The zero-order valence-corrected chi connectivity index (χ0v) is 28.6. The molecule has 3 heterocycles. The molecule has 0 unspecified atom stereocenters. The van der Waals surface area contributed by atoms with Crippen molar-refractivity contribution in [1.82, 2.24) is 19.5 Å². The molecule has 4 nitrogen and oxygen atoms in total. The second-order valence-corrected chi connectivity index (χ2v) is 13.6. The first-order valence-corrected chi connectivity index (χ1v) is 18.0. The number of pyridine rings is 1. The normalized spacial score (nSPS) is 11.8. The molecule has 53 heavy (non-hydrogen) atoms. The zero-order chi connectivity index (χ0) is 34.9. The maximum absolute atomic E-state index is 5.31. The number of nitrogens with zero attached hydrogens (tertiary/aromatic N) is 4. The molecule has 11 aromatic rings. The Balaban J connectivity index is 1.10. The van der Waals surface area contributed by atoms with Crippen LogP contribution in [0.25, 0.3) is 105 Å². The van der Waals surface area contributed by atoms with E-state index in [2.05, 4.69) is 180 Å². The Hall–Kier alpha value is -7.17. The van der Waals surface area contributed by atoms with Crippen molar-refractivity contribution >= 4 is 65.2 Å². The molecule has 0 N–H and O–H groups in total. The lowest BCUT2D eigenvalue weighted by atomic mass is 9.95. The van der Waals surface area contributed by atoms with Crippen molar-refractivity contribution in [1.29, 1.82) is 0 Å². The number of para-hydroxylation sites is 4. The molecule has 0 radical (unpaired) electrons. The van der Waals surface area contributed by atoms with Crippen LogP contribution in [0, 0.1) is 0 Å². The minimum absolute atomic E-state index is 0.699. The van der Waals surface area contributed by atoms with Gasteiger partial charge in [0.05, 0.1) is 33.5 Å². The van der Waals surface area contributed by atoms with Gasteiger partial charge >= 0.3 is 0 Å². The highest BCUT2D eigenvalue weighted by Gasteiger charge is 2.20. The largest absolute Gasteiger partial charge is 0.309 e. The summed E-state index contributed by atoms with van der Waals surface area (Å²) < 4.78 is 2.38. The number of benzene rings is 8. The first-order chi connectivity index (χ1) is 26.3. The fraction of sp³-hybridized carbons (Fsp3) is 0. The van der Waals surface area contributed by atoms with Crippen LogP contribution in [0.2, 0.25) is 0 Å². The first kappa shape index (κ1) is 29.5. The summed E-state index contributed by atoms with van der Waals surface area (Å²) in [6.07, 6.45) is 0. The van der Waals surface area contributed by atoms with Crippen LogP contribution in [-0.4, -0.2) is 19.5 Å². The van der Waals surface area contributed by atoms with Crippen molar-refractivity contribution in [2.75, 3.05) is 0 Å². The monoisotopic (exact) mass is 674 g/mol. The fourth-order valence-corrected chi connectivity index (χ4v) is 8.12. The molecule has 0 bridgehead atoms. The van der Waals surface area contributed by atoms with Crippen molar-refractivity contribution < 1.29 is 0 Å². The molecule has 0 aliphatic rings. The molecule has 11 rings (SSSR count). The lowest BCUT2D eigenvalue weighted by molar-refractivity contribution is 1.18. The Labute approximate surface area is 305 Å². The number of hydrogen-bond donors (Lipinski definition) is 0. The van der Waals surface area contributed by atoms with Gasteiger partial charge in [0.15, 0.2) is 5.82 Å². The molecule has 3 aromatic heterocycles. The maximum atomic E-state index is 5.31. The second kappa shape index (κ2) is 11.7. The van der Waals surface area contributed by atoms with Crippen LogP contribution >= 0.6 is 0 Å². The molecular formula is C49H30N4. The molecule has 0 spiro atoms. The number of rotatable bonds is 4. The van der Waals surface area contributed by atoms with Crippen LogP contribution in [0.3, 0.4) is 0 Å². The second-order valence-electron chi connectivity index (χ2n) is 13.6. The third-order valence-electron chi connectivity index (χ3n) is 10.6. The van der Waals surface area contributed by atoms with E-state index in [0.717, 1.165) is 61.0 Å². The Morgan fingerprint density at radius 3 is 1.79 bits per heavy atom. The summed E-state index contributed by atoms with van der Waals surface area (Å²) in [7, 11) is 0. The average Bonchev–Trinajstić information content (AvgIpc) is 3.57. The molecule has 0 amide bonds. The van der Waals surface area contributed by atoms with E-state index in [4.69, 9.17) is 15.0 Å². The van der Waals surface area contributed by atoms with E-state index in [1.165, 1.54) is 38.0 Å². The highest BCUT2D eigenvalue weighted by molar-refractivity contribution is 6.29. The summed E-state index contributed by atoms with van der Waals surface area (Å²) in [5.41, 5.74) is 10.4. The SMILES string of the molecule is c1ccc(-n2c3ccccc3c3c4c(ccc32)c(-c2ccc(-c3nc(-c5ccc6ccccc6c5)c5ccccc5n3)cc2)nc2ccccc24)cc1. The van der Waals surface area contributed by atoms with Gasteiger partial charge in [-0.3, -0.25) is 0 Å². The van der Waals surface area contributed by atoms with Gasteiger partial charge < -0.3 is 4.57 Å².